The summed E-state index contributed by atoms with van der Waals surface area (Å²) in [4.78, 5) is 3.60. The van der Waals surface area contributed by atoms with Crippen LogP contribution in [0.4, 0.5) is 0 Å². The van der Waals surface area contributed by atoms with Crippen LogP contribution in [0.3, 0.4) is 0 Å². The number of H-pyrrole nitrogens is 1. The predicted octanol–water partition coefficient (Wildman–Crippen LogP) is 20.0. The van der Waals surface area contributed by atoms with E-state index in [1.54, 1.807) is 0 Å². The number of hydrogen-bond acceptors (Lipinski definition) is 2. The molecule has 0 aliphatic rings. The van der Waals surface area contributed by atoms with Gasteiger partial charge < -0.3 is 9.55 Å². The molecule has 0 spiro atoms. The van der Waals surface area contributed by atoms with Gasteiger partial charge in [0.2, 0.25) is 0 Å². The second-order valence-corrected chi connectivity index (χ2v) is 21.5. The largest absolute Gasteiger partial charge is 0.353 e. The van der Waals surface area contributed by atoms with Gasteiger partial charge in [0.1, 0.15) is 0 Å². The predicted molar refractivity (Wildman–Crippen MR) is 308 cm³/mol. The van der Waals surface area contributed by atoms with E-state index >= 15 is 0 Å². The molecule has 2 nitrogen and oxygen atoms in total. The number of thiophene rings is 2. The Labute approximate surface area is 425 Å². The van der Waals surface area contributed by atoms with Crippen molar-refractivity contribution < 1.29 is 0 Å². The summed E-state index contributed by atoms with van der Waals surface area (Å²) in [6, 6.07) is 77.6. The van der Waals surface area contributed by atoms with Crippen LogP contribution in [0.25, 0.3) is 112 Å². The number of benzene rings is 10. The molecule has 14 aromatic rings. The van der Waals surface area contributed by atoms with Crippen molar-refractivity contribution >= 4 is 161 Å². The van der Waals surface area contributed by atoms with E-state index in [-0.39, 0.29) is 0 Å². The van der Waals surface area contributed by atoms with E-state index < -0.39 is 0 Å². The van der Waals surface area contributed by atoms with Gasteiger partial charge in [0, 0.05) is 76.2 Å². The highest BCUT2D eigenvalue weighted by molar-refractivity contribution is 14.1. The molecule has 0 radical (unpaired) electrons. The van der Waals surface area contributed by atoms with Crippen LogP contribution in [0.5, 0.6) is 0 Å². The Morgan fingerprint density at radius 3 is 1.49 bits per heavy atom. The van der Waals surface area contributed by atoms with Crippen molar-refractivity contribution in [2.45, 2.75) is 0 Å². The maximum absolute atomic E-state index is 3.90. The van der Waals surface area contributed by atoms with E-state index in [0.717, 1.165) is 4.47 Å². The van der Waals surface area contributed by atoms with Crippen molar-refractivity contribution in [3.05, 3.63) is 231 Å². The number of nitrogens with zero attached hydrogens (tertiary/aromatic N) is 1. The van der Waals surface area contributed by atoms with Gasteiger partial charge in [-0.1, -0.05) is 190 Å². The molecule has 0 atom stereocenters. The minimum Gasteiger partial charge on any atom is -0.353 e. The summed E-state index contributed by atoms with van der Waals surface area (Å²) < 4.78 is 11.3. The number of halogens is 3. The maximum Gasteiger partial charge on any atom is 0.0720 e. The minimum absolute atomic E-state index is 1.16. The first-order valence-electron chi connectivity index (χ1n) is 22.0. The fourth-order valence-corrected chi connectivity index (χ4v) is 13.8. The fourth-order valence-electron chi connectivity index (χ4n) is 9.41. The average molecular weight is 1140 g/mol. The summed E-state index contributed by atoms with van der Waals surface area (Å²) in [7, 11) is 0. The first kappa shape index (κ1) is 42.3. The summed E-state index contributed by atoms with van der Waals surface area (Å²) in [5, 5.41) is 10.4. The Hall–Kier alpha value is -6.07. The third kappa shape index (κ3) is 7.67. The van der Waals surface area contributed by atoms with Crippen molar-refractivity contribution in [2.75, 3.05) is 0 Å². The van der Waals surface area contributed by atoms with Crippen LogP contribution in [0, 0.1) is 3.57 Å². The smallest absolute Gasteiger partial charge is 0.0720 e. The number of aromatic amines is 1. The van der Waals surface area contributed by atoms with E-state index in [9.17, 15) is 0 Å². The lowest BCUT2D eigenvalue weighted by molar-refractivity contribution is 1.19. The molecule has 0 bridgehead atoms. The molecular formula is C60H37Br2IN2S2. The van der Waals surface area contributed by atoms with E-state index in [1.165, 1.54) is 120 Å². The van der Waals surface area contributed by atoms with E-state index in [4.69, 9.17) is 0 Å². The number of aromatic nitrogens is 2. The SMILES string of the molecule is Brc1cc2c3ccccc3[nH]c2c2sc3ccccc3c12.Brc1cc2c3ccccc3n(-c3ccc(-c4ccccc4)cc3)c2c2sc3ccccc3c12.Ic1ccc(-c2ccccc2)cc1. The summed E-state index contributed by atoms with van der Waals surface area (Å²) in [5.41, 5.74) is 11.2. The second-order valence-electron chi connectivity index (χ2n) is 16.4. The van der Waals surface area contributed by atoms with Crippen LogP contribution in [0.2, 0.25) is 0 Å². The molecule has 1 N–H and O–H groups in total. The average Bonchev–Trinajstić information content (AvgIpc) is 4.15. The number of para-hydroxylation sites is 2. The number of fused-ring (bicyclic) bond motifs is 14. The van der Waals surface area contributed by atoms with E-state index in [1.807, 2.05) is 28.7 Å². The molecule has 67 heavy (non-hydrogen) atoms. The molecule has 4 aromatic heterocycles. The molecule has 320 valence electrons. The molecule has 0 unspecified atom stereocenters. The van der Waals surface area contributed by atoms with Gasteiger partial charge in [-0.15, -0.1) is 22.7 Å². The second kappa shape index (κ2) is 17.9. The normalized spacial score (nSPS) is 11.5. The van der Waals surface area contributed by atoms with Crippen LogP contribution in [-0.4, -0.2) is 9.55 Å². The number of nitrogens with one attached hydrogen (secondary N) is 1. The monoisotopic (exact) mass is 1130 g/mol. The zero-order valence-corrected chi connectivity index (χ0v) is 42.6. The molecule has 0 amide bonds. The van der Waals surface area contributed by atoms with Crippen molar-refractivity contribution in [3.63, 3.8) is 0 Å². The van der Waals surface area contributed by atoms with Gasteiger partial charge in [-0.25, -0.2) is 0 Å². The third-order valence-electron chi connectivity index (χ3n) is 12.5. The van der Waals surface area contributed by atoms with Gasteiger partial charge in [-0.05, 0) is 106 Å². The molecule has 0 saturated heterocycles. The quantitative estimate of drug-likeness (QED) is 0.170. The highest BCUT2D eigenvalue weighted by Gasteiger charge is 2.20. The summed E-state index contributed by atoms with van der Waals surface area (Å²) >= 11 is 13.7. The zero-order chi connectivity index (χ0) is 45.0. The van der Waals surface area contributed by atoms with E-state index in [2.05, 4.69) is 276 Å². The zero-order valence-electron chi connectivity index (χ0n) is 35.7. The lowest BCUT2D eigenvalue weighted by Gasteiger charge is -2.10. The highest BCUT2D eigenvalue weighted by Crippen LogP contribution is 2.47. The lowest BCUT2D eigenvalue weighted by Crippen LogP contribution is -1.94. The Bertz CT molecular complexity index is 4110. The summed E-state index contributed by atoms with van der Waals surface area (Å²) in [6.07, 6.45) is 0. The molecule has 14 rings (SSSR count). The maximum atomic E-state index is 3.90. The Balaban J connectivity index is 0.000000117. The van der Waals surface area contributed by atoms with Gasteiger partial charge in [-0.3, -0.25) is 0 Å². The molecule has 10 aromatic carbocycles. The van der Waals surface area contributed by atoms with E-state index in [0.29, 0.717) is 0 Å². The Kier molecular flexibility index (Phi) is 11.3. The van der Waals surface area contributed by atoms with Crippen LogP contribution >= 0.6 is 77.1 Å². The summed E-state index contributed by atoms with van der Waals surface area (Å²) in [5.74, 6) is 0. The molecule has 0 saturated carbocycles. The van der Waals surface area contributed by atoms with Crippen molar-refractivity contribution in [2.24, 2.45) is 0 Å². The topological polar surface area (TPSA) is 20.7 Å². The van der Waals surface area contributed by atoms with Gasteiger partial charge in [-0.2, -0.15) is 0 Å². The first-order valence-corrected chi connectivity index (χ1v) is 26.3. The molecular weight excluding hydrogens is 1100 g/mol. The van der Waals surface area contributed by atoms with Gasteiger partial charge in [0.05, 0.1) is 25.9 Å². The molecule has 4 heterocycles. The highest BCUT2D eigenvalue weighted by atomic mass is 127. The number of rotatable bonds is 3. The Morgan fingerprint density at radius 1 is 0.403 bits per heavy atom. The minimum atomic E-state index is 1.16. The number of hydrogen-bond donors (Lipinski definition) is 1. The van der Waals surface area contributed by atoms with Gasteiger partial charge in [0.15, 0.2) is 0 Å². The lowest BCUT2D eigenvalue weighted by atomic mass is 10.1. The van der Waals surface area contributed by atoms with Crippen molar-refractivity contribution in [1.82, 2.24) is 9.55 Å². The van der Waals surface area contributed by atoms with Gasteiger partial charge in [0.25, 0.3) is 0 Å². The van der Waals surface area contributed by atoms with Crippen LogP contribution in [0.15, 0.2) is 227 Å². The van der Waals surface area contributed by atoms with Gasteiger partial charge >= 0.3 is 0 Å². The Morgan fingerprint density at radius 2 is 0.866 bits per heavy atom. The van der Waals surface area contributed by atoms with Crippen molar-refractivity contribution in [1.29, 1.82) is 0 Å². The third-order valence-corrected chi connectivity index (χ3v) is 16.8. The molecule has 7 heteroatoms. The molecule has 0 fully saturated rings. The standard InChI is InChI=1S/C30H18BrNS.C18H10BrNS.C12H9I/c31-25-18-24-22-10-4-6-12-26(22)32(21-16-14-20(15-17-21)19-8-2-1-3-9-19)29(24)30-28(25)23-11-5-7-13-27(23)33-30;19-13-9-12-10-5-1-3-7-14(10)20-17(12)18-16(13)11-6-2-4-8-15(11)21-18;13-12-8-6-11(7-9-12)10-4-2-1-3-5-10/h1-18H;1-9,20H;1-9H. The van der Waals surface area contributed by atoms with Crippen LogP contribution in [0.1, 0.15) is 0 Å². The van der Waals surface area contributed by atoms with Crippen LogP contribution in [-0.2, 0) is 0 Å². The summed E-state index contributed by atoms with van der Waals surface area (Å²) in [6.45, 7) is 0. The molecule has 0 aliphatic carbocycles. The molecule has 0 aliphatic heterocycles. The first-order chi connectivity index (χ1) is 33.0. The van der Waals surface area contributed by atoms with Crippen LogP contribution < -0.4 is 0 Å². The van der Waals surface area contributed by atoms with Crippen molar-refractivity contribution in [3.8, 4) is 27.9 Å². The fraction of sp³-hybridized carbons (Fsp3) is 0.